The lowest BCUT2D eigenvalue weighted by atomic mass is 10.2. The Morgan fingerprint density at radius 1 is 1.53 bits per heavy atom. The number of rotatable bonds is 5. The van der Waals surface area contributed by atoms with Gasteiger partial charge in [-0.1, -0.05) is 29.0 Å². The molecule has 1 heterocycles. The molecule has 100 valence electrons. The topological polar surface area (TPSA) is 58.1 Å². The van der Waals surface area contributed by atoms with Gasteiger partial charge in [0.25, 0.3) is 5.91 Å². The largest absolute Gasteiger partial charge is 0.350 e. The van der Waals surface area contributed by atoms with E-state index >= 15 is 0 Å². The van der Waals surface area contributed by atoms with E-state index in [1.807, 2.05) is 11.9 Å². The quantitative estimate of drug-likeness (QED) is 0.917. The molecule has 0 unspecified atom stereocenters. The van der Waals surface area contributed by atoms with Crippen LogP contribution < -0.4 is 10.2 Å². The van der Waals surface area contributed by atoms with Crippen LogP contribution in [0.4, 0.5) is 5.13 Å². The highest BCUT2D eigenvalue weighted by atomic mass is 35.5. The van der Waals surface area contributed by atoms with Gasteiger partial charge in [0.15, 0.2) is 0 Å². The molecule has 0 atom stereocenters. The van der Waals surface area contributed by atoms with Gasteiger partial charge in [-0.15, -0.1) is 10.2 Å². The number of anilines is 1. The summed E-state index contributed by atoms with van der Waals surface area (Å²) >= 11 is 7.30. The number of likely N-dealkylation sites (N-methyl/N-ethyl adjacent to an activating group) is 1. The van der Waals surface area contributed by atoms with Gasteiger partial charge in [-0.3, -0.25) is 4.79 Å². The van der Waals surface area contributed by atoms with Crippen molar-refractivity contribution in [3.05, 3.63) is 40.4 Å². The van der Waals surface area contributed by atoms with E-state index < -0.39 is 0 Å². The molecule has 0 fully saturated rings. The molecule has 0 aliphatic rings. The molecule has 0 aliphatic heterocycles. The van der Waals surface area contributed by atoms with Crippen LogP contribution in [0.5, 0.6) is 0 Å². The van der Waals surface area contributed by atoms with Gasteiger partial charge in [-0.25, -0.2) is 0 Å². The average molecular weight is 297 g/mol. The average Bonchev–Trinajstić information content (AvgIpc) is 2.92. The first-order valence-corrected chi connectivity index (χ1v) is 6.93. The van der Waals surface area contributed by atoms with Crippen molar-refractivity contribution in [2.45, 2.75) is 0 Å². The minimum Gasteiger partial charge on any atom is -0.350 e. The third-order valence-electron chi connectivity index (χ3n) is 2.49. The van der Waals surface area contributed by atoms with E-state index in [1.165, 1.54) is 11.3 Å². The summed E-state index contributed by atoms with van der Waals surface area (Å²) in [6, 6.07) is 6.87. The van der Waals surface area contributed by atoms with Crippen molar-refractivity contribution in [1.82, 2.24) is 15.5 Å². The lowest BCUT2D eigenvalue weighted by Gasteiger charge is -2.15. The predicted molar refractivity (Wildman–Crippen MR) is 77.0 cm³/mol. The van der Waals surface area contributed by atoms with Crippen molar-refractivity contribution in [2.75, 3.05) is 25.0 Å². The lowest BCUT2D eigenvalue weighted by Crippen LogP contribution is -2.32. The number of hydrogen-bond acceptors (Lipinski definition) is 5. The predicted octanol–water partition coefficient (Wildman–Crippen LogP) is 2.06. The van der Waals surface area contributed by atoms with Crippen LogP contribution in [0.1, 0.15) is 10.4 Å². The van der Waals surface area contributed by atoms with E-state index in [1.54, 1.807) is 29.8 Å². The minimum absolute atomic E-state index is 0.131. The minimum atomic E-state index is -0.131. The second-order valence-electron chi connectivity index (χ2n) is 3.91. The number of nitrogens with zero attached hydrogens (tertiary/aromatic N) is 3. The summed E-state index contributed by atoms with van der Waals surface area (Å²) in [6.07, 6.45) is 0. The molecule has 0 radical (unpaired) electrons. The summed E-state index contributed by atoms with van der Waals surface area (Å²) in [5.74, 6) is -0.131. The fourth-order valence-electron chi connectivity index (χ4n) is 1.50. The monoisotopic (exact) mass is 296 g/mol. The Morgan fingerprint density at radius 2 is 2.37 bits per heavy atom. The van der Waals surface area contributed by atoms with Crippen LogP contribution >= 0.6 is 22.9 Å². The van der Waals surface area contributed by atoms with Crippen molar-refractivity contribution in [2.24, 2.45) is 0 Å². The van der Waals surface area contributed by atoms with Crippen LogP contribution in [0, 0.1) is 0 Å². The normalized spacial score (nSPS) is 10.2. The maximum absolute atomic E-state index is 11.9. The van der Waals surface area contributed by atoms with E-state index in [4.69, 9.17) is 11.6 Å². The van der Waals surface area contributed by atoms with Gasteiger partial charge >= 0.3 is 0 Å². The van der Waals surface area contributed by atoms with Gasteiger partial charge in [-0.2, -0.15) is 0 Å². The highest BCUT2D eigenvalue weighted by Crippen LogP contribution is 2.13. The third-order valence-corrected chi connectivity index (χ3v) is 3.53. The molecule has 1 aromatic heterocycles. The van der Waals surface area contributed by atoms with Crippen molar-refractivity contribution < 1.29 is 4.79 Å². The fraction of sp³-hybridized carbons (Fsp3) is 0.250. The van der Waals surface area contributed by atoms with E-state index in [0.717, 1.165) is 5.13 Å². The SMILES string of the molecule is CN(CCNC(=O)c1cccc(Cl)c1)c1nncs1. The second-order valence-corrected chi connectivity index (χ2v) is 5.16. The third kappa shape index (κ3) is 3.90. The number of carbonyl (C=O) groups excluding carboxylic acids is 1. The van der Waals surface area contributed by atoms with E-state index in [0.29, 0.717) is 23.7 Å². The number of halogens is 1. The first-order valence-electron chi connectivity index (χ1n) is 5.68. The van der Waals surface area contributed by atoms with Gasteiger partial charge < -0.3 is 10.2 Å². The van der Waals surface area contributed by atoms with Crippen LogP contribution in [0.2, 0.25) is 5.02 Å². The summed E-state index contributed by atoms with van der Waals surface area (Å²) < 4.78 is 0. The maximum atomic E-state index is 11.9. The molecule has 0 bridgehead atoms. The Labute approximate surface area is 120 Å². The first kappa shape index (κ1) is 13.8. The van der Waals surface area contributed by atoms with Crippen molar-refractivity contribution >= 4 is 34.0 Å². The molecule has 1 N–H and O–H groups in total. The zero-order chi connectivity index (χ0) is 13.7. The number of aromatic nitrogens is 2. The van der Waals surface area contributed by atoms with Gasteiger partial charge in [0.05, 0.1) is 0 Å². The van der Waals surface area contributed by atoms with Crippen molar-refractivity contribution in [3.63, 3.8) is 0 Å². The van der Waals surface area contributed by atoms with E-state index in [2.05, 4.69) is 15.5 Å². The number of hydrogen-bond donors (Lipinski definition) is 1. The van der Waals surface area contributed by atoms with Crippen LogP contribution in [0.3, 0.4) is 0 Å². The highest BCUT2D eigenvalue weighted by Gasteiger charge is 2.07. The maximum Gasteiger partial charge on any atom is 0.251 e. The summed E-state index contributed by atoms with van der Waals surface area (Å²) in [7, 11) is 1.91. The van der Waals surface area contributed by atoms with Crippen LogP contribution in [-0.4, -0.2) is 36.2 Å². The molecular weight excluding hydrogens is 284 g/mol. The lowest BCUT2D eigenvalue weighted by molar-refractivity contribution is 0.0954. The smallest absolute Gasteiger partial charge is 0.251 e. The fourth-order valence-corrected chi connectivity index (χ4v) is 2.24. The van der Waals surface area contributed by atoms with Gasteiger partial charge in [0.2, 0.25) is 5.13 Å². The molecule has 0 saturated carbocycles. The molecule has 2 aromatic rings. The molecule has 2 rings (SSSR count). The van der Waals surface area contributed by atoms with Crippen molar-refractivity contribution in [1.29, 1.82) is 0 Å². The molecule has 0 aliphatic carbocycles. The number of benzene rings is 1. The Balaban J connectivity index is 1.81. The Bertz CT molecular complexity index is 546. The zero-order valence-electron chi connectivity index (χ0n) is 10.3. The molecule has 0 spiro atoms. The Morgan fingerprint density at radius 3 is 3.05 bits per heavy atom. The zero-order valence-corrected chi connectivity index (χ0v) is 11.9. The van der Waals surface area contributed by atoms with Crippen LogP contribution in [-0.2, 0) is 0 Å². The van der Waals surface area contributed by atoms with Crippen LogP contribution in [0.25, 0.3) is 0 Å². The standard InChI is InChI=1S/C12H13ClN4OS/c1-17(12-16-15-8-19-12)6-5-14-11(18)9-3-2-4-10(13)7-9/h2-4,7-8H,5-6H2,1H3,(H,14,18). The molecule has 19 heavy (non-hydrogen) atoms. The number of nitrogens with one attached hydrogen (secondary N) is 1. The number of amides is 1. The van der Waals surface area contributed by atoms with E-state index in [-0.39, 0.29) is 5.91 Å². The summed E-state index contributed by atoms with van der Waals surface area (Å²) in [6.45, 7) is 1.20. The van der Waals surface area contributed by atoms with Gasteiger partial charge in [-0.05, 0) is 18.2 Å². The van der Waals surface area contributed by atoms with Gasteiger partial charge in [0.1, 0.15) is 5.51 Å². The molecule has 5 nitrogen and oxygen atoms in total. The highest BCUT2D eigenvalue weighted by molar-refractivity contribution is 7.13. The van der Waals surface area contributed by atoms with Crippen LogP contribution in [0.15, 0.2) is 29.8 Å². The molecule has 0 saturated heterocycles. The summed E-state index contributed by atoms with van der Waals surface area (Å²) in [4.78, 5) is 13.8. The Kier molecular flexibility index (Phi) is 4.70. The molecule has 1 aromatic carbocycles. The summed E-state index contributed by atoms with van der Waals surface area (Å²) in [5.41, 5.74) is 2.24. The molecular formula is C12H13ClN4OS. The van der Waals surface area contributed by atoms with Crippen molar-refractivity contribution in [3.8, 4) is 0 Å². The second kappa shape index (κ2) is 6.49. The number of carbonyl (C=O) groups is 1. The molecule has 1 amide bonds. The summed E-state index contributed by atoms with van der Waals surface area (Å²) in [5, 5.41) is 11.9. The molecule has 7 heteroatoms. The first-order chi connectivity index (χ1) is 9.16. The van der Waals surface area contributed by atoms with E-state index in [9.17, 15) is 4.79 Å². The van der Waals surface area contributed by atoms with Gasteiger partial charge in [0, 0.05) is 30.7 Å². The Hall–Kier alpha value is -1.66.